The topological polar surface area (TPSA) is 24.1 Å². The van der Waals surface area contributed by atoms with E-state index in [1.54, 1.807) is 0 Å². The first-order chi connectivity index (χ1) is 6.74. The average Bonchev–Trinajstić information content (AvgIpc) is 2.23. The molecule has 1 aliphatic heterocycles. The summed E-state index contributed by atoms with van der Waals surface area (Å²) in [6.45, 7) is 2.86. The van der Waals surface area contributed by atoms with Crippen molar-refractivity contribution >= 4 is 5.69 Å². The van der Waals surface area contributed by atoms with E-state index in [-0.39, 0.29) is 11.9 Å². The molecule has 1 atom stereocenters. The molecule has 2 nitrogen and oxygen atoms in total. The van der Waals surface area contributed by atoms with Gasteiger partial charge in [-0.3, -0.25) is 0 Å². The van der Waals surface area contributed by atoms with Crippen molar-refractivity contribution in [2.24, 2.45) is 0 Å². The largest absolute Gasteiger partial charge is 0.382 e. The van der Waals surface area contributed by atoms with Crippen molar-refractivity contribution in [1.29, 1.82) is 0 Å². The third-order valence-electron chi connectivity index (χ3n) is 2.84. The molecule has 0 fully saturated rings. The highest BCUT2D eigenvalue weighted by molar-refractivity contribution is 5.58. The van der Waals surface area contributed by atoms with Crippen LogP contribution in [0, 0.1) is 12.7 Å². The van der Waals surface area contributed by atoms with Gasteiger partial charge in [0.15, 0.2) is 0 Å². The fourth-order valence-corrected chi connectivity index (χ4v) is 2.10. The van der Waals surface area contributed by atoms with Crippen molar-refractivity contribution in [3.63, 3.8) is 0 Å². The number of nitrogens with one attached hydrogen (secondary N) is 2. The standard InChI is InChI=1S/C11H15FN2/c1-7-3-4-8(12)11-10(7)9(13-2)5-6-14-11/h3-4,9,13-14H,5-6H2,1-2H3. The van der Waals surface area contributed by atoms with Gasteiger partial charge < -0.3 is 10.6 Å². The monoisotopic (exact) mass is 194 g/mol. The molecule has 0 amide bonds. The minimum Gasteiger partial charge on any atom is -0.382 e. The van der Waals surface area contributed by atoms with Crippen molar-refractivity contribution in [1.82, 2.24) is 5.32 Å². The predicted molar refractivity (Wildman–Crippen MR) is 56.0 cm³/mol. The van der Waals surface area contributed by atoms with E-state index < -0.39 is 0 Å². The Morgan fingerprint density at radius 2 is 2.29 bits per heavy atom. The van der Waals surface area contributed by atoms with Crippen molar-refractivity contribution in [3.05, 3.63) is 29.1 Å². The number of hydrogen-bond acceptors (Lipinski definition) is 2. The maximum absolute atomic E-state index is 13.5. The van der Waals surface area contributed by atoms with E-state index >= 15 is 0 Å². The first kappa shape index (κ1) is 9.46. The van der Waals surface area contributed by atoms with Crippen LogP contribution in [-0.4, -0.2) is 13.6 Å². The van der Waals surface area contributed by atoms with E-state index in [1.165, 1.54) is 6.07 Å². The molecular formula is C11H15FN2. The highest BCUT2D eigenvalue weighted by Crippen LogP contribution is 2.33. The summed E-state index contributed by atoms with van der Waals surface area (Å²) in [6.07, 6.45) is 1.01. The van der Waals surface area contributed by atoms with Gasteiger partial charge in [-0.15, -0.1) is 0 Å². The van der Waals surface area contributed by atoms with Crippen molar-refractivity contribution < 1.29 is 4.39 Å². The number of rotatable bonds is 1. The second-order valence-corrected chi connectivity index (χ2v) is 3.71. The normalized spacial score (nSPS) is 20.1. The number of anilines is 1. The van der Waals surface area contributed by atoms with E-state index in [0.29, 0.717) is 5.69 Å². The Kier molecular flexibility index (Phi) is 2.42. The molecule has 0 saturated carbocycles. The zero-order valence-corrected chi connectivity index (χ0v) is 8.52. The third kappa shape index (κ3) is 1.38. The Balaban J connectivity index is 2.55. The van der Waals surface area contributed by atoms with Crippen LogP contribution in [0.1, 0.15) is 23.6 Å². The van der Waals surface area contributed by atoms with Gasteiger partial charge in [0.25, 0.3) is 0 Å². The predicted octanol–water partition coefficient (Wildman–Crippen LogP) is 2.21. The molecular weight excluding hydrogens is 179 g/mol. The molecule has 0 spiro atoms. The Morgan fingerprint density at radius 1 is 1.50 bits per heavy atom. The van der Waals surface area contributed by atoms with Gasteiger partial charge in [-0.05, 0) is 37.6 Å². The van der Waals surface area contributed by atoms with Gasteiger partial charge in [0.1, 0.15) is 5.82 Å². The molecule has 1 heterocycles. The van der Waals surface area contributed by atoms with Crippen LogP contribution in [0.25, 0.3) is 0 Å². The summed E-state index contributed by atoms with van der Waals surface area (Å²) < 4.78 is 13.5. The molecule has 14 heavy (non-hydrogen) atoms. The minimum absolute atomic E-state index is 0.148. The van der Waals surface area contributed by atoms with Crippen LogP contribution in [0.3, 0.4) is 0 Å². The first-order valence-electron chi connectivity index (χ1n) is 4.94. The van der Waals surface area contributed by atoms with Crippen LogP contribution in [0.4, 0.5) is 10.1 Å². The fourth-order valence-electron chi connectivity index (χ4n) is 2.10. The number of hydrogen-bond donors (Lipinski definition) is 2. The molecule has 1 aromatic carbocycles. The molecule has 2 N–H and O–H groups in total. The Labute approximate surface area is 83.5 Å². The summed E-state index contributed by atoms with van der Waals surface area (Å²) in [7, 11) is 1.92. The molecule has 0 aliphatic carbocycles. The molecule has 0 saturated heterocycles. The number of benzene rings is 1. The van der Waals surface area contributed by atoms with Crippen LogP contribution < -0.4 is 10.6 Å². The van der Waals surface area contributed by atoms with E-state index in [1.807, 2.05) is 20.0 Å². The lowest BCUT2D eigenvalue weighted by atomic mass is 9.93. The maximum Gasteiger partial charge on any atom is 0.146 e. The summed E-state index contributed by atoms with van der Waals surface area (Å²) in [5, 5.41) is 6.34. The van der Waals surface area contributed by atoms with Gasteiger partial charge in [0, 0.05) is 12.6 Å². The van der Waals surface area contributed by atoms with Gasteiger partial charge in [-0.1, -0.05) is 6.07 Å². The lowest BCUT2D eigenvalue weighted by Crippen LogP contribution is -2.27. The molecule has 2 rings (SSSR count). The highest BCUT2D eigenvalue weighted by Gasteiger charge is 2.22. The second kappa shape index (κ2) is 3.58. The average molecular weight is 194 g/mol. The molecule has 0 bridgehead atoms. The van der Waals surface area contributed by atoms with Crippen LogP contribution in [0.2, 0.25) is 0 Å². The van der Waals surface area contributed by atoms with Crippen molar-refractivity contribution in [3.8, 4) is 0 Å². The zero-order valence-electron chi connectivity index (χ0n) is 8.52. The Hall–Kier alpha value is -1.09. The summed E-state index contributed by atoms with van der Waals surface area (Å²) >= 11 is 0. The van der Waals surface area contributed by atoms with Crippen LogP contribution >= 0.6 is 0 Å². The Bertz CT molecular complexity index is 349. The number of fused-ring (bicyclic) bond motifs is 1. The lowest BCUT2D eigenvalue weighted by molar-refractivity contribution is 0.535. The van der Waals surface area contributed by atoms with E-state index in [2.05, 4.69) is 10.6 Å². The third-order valence-corrected chi connectivity index (χ3v) is 2.84. The van der Waals surface area contributed by atoms with Crippen LogP contribution in [-0.2, 0) is 0 Å². The SMILES string of the molecule is CNC1CCNc2c(F)ccc(C)c21. The number of halogens is 1. The minimum atomic E-state index is -0.148. The summed E-state index contributed by atoms with van der Waals surface area (Å²) in [5.74, 6) is -0.148. The van der Waals surface area contributed by atoms with Crippen LogP contribution in [0.5, 0.6) is 0 Å². The van der Waals surface area contributed by atoms with Gasteiger partial charge in [-0.2, -0.15) is 0 Å². The number of aryl methyl sites for hydroxylation is 1. The molecule has 0 aromatic heterocycles. The summed E-state index contributed by atoms with van der Waals surface area (Å²) in [6, 6.07) is 3.65. The summed E-state index contributed by atoms with van der Waals surface area (Å²) in [4.78, 5) is 0. The molecule has 1 aromatic rings. The van der Waals surface area contributed by atoms with Crippen molar-refractivity contribution in [2.45, 2.75) is 19.4 Å². The van der Waals surface area contributed by atoms with Gasteiger partial charge in [-0.25, -0.2) is 4.39 Å². The lowest BCUT2D eigenvalue weighted by Gasteiger charge is -2.28. The quantitative estimate of drug-likeness (QED) is 0.716. The molecule has 1 aliphatic rings. The maximum atomic E-state index is 13.5. The van der Waals surface area contributed by atoms with Gasteiger partial charge >= 0.3 is 0 Å². The van der Waals surface area contributed by atoms with Gasteiger partial charge in [0.2, 0.25) is 0 Å². The van der Waals surface area contributed by atoms with Gasteiger partial charge in [0.05, 0.1) is 5.69 Å². The molecule has 1 unspecified atom stereocenters. The summed E-state index contributed by atoms with van der Waals surface area (Å²) in [5.41, 5.74) is 2.90. The Morgan fingerprint density at radius 3 is 3.00 bits per heavy atom. The zero-order chi connectivity index (χ0) is 10.1. The fraction of sp³-hybridized carbons (Fsp3) is 0.455. The molecule has 0 radical (unpaired) electrons. The van der Waals surface area contributed by atoms with Crippen LogP contribution in [0.15, 0.2) is 12.1 Å². The van der Waals surface area contributed by atoms with E-state index in [9.17, 15) is 4.39 Å². The molecule has 76 valence electrons. The molecule has 3 heteroatoms. The second-order valence-electron chi connectivity index (χ2n) is 3.71. The van der Waals surface area contributed by atoms with E-state index in [4.69, 9.17) is 0 Å². The smallest absolute Gasteiger partial charge is 0.146 e. The van der Waals surface area contributed by atoms with E-state index in [0.717, 1.165) is 24.1 Å². The highest BCUT2D eigenvalue weighted by atomic mass is 19.1. The van der Waals surface area contributed by atoms with Crippen molar-refractivity contribution in [2.75, 3.05) is 18.9 Å². The first-order valence-corrected chi connectivity index (χ1v) is 4.94.